The van der Waals surface area contributed by atoms with Crippen LogP contribution < -0.4 is 0 Å². The van der Waals surface area contributed by atoms with E-state index in [-0.39, 0.29) is 0 Å². The molecule has 0 aliphatic carbocycles. The number of hydrogen-bond donors (Lipinski definition) is 1. The van der Waals surface area contributed by atoms with Gasteiger partial charge in [-0.05, 0) is 24.6 Å². The van der Waals surface area contributed by atoms with Gasteiger partial charge in [0.2, 0.25) is 0 Å². The Labute approximate surface area is 89.9 Å². The predicted molar refractivity (Wildman–Crippen MR) is 61.9 cm³/mol. The first-order valence-corrected chi connectivity index (χ1v) is 5.06. The fraction of sp³-hybridized carbons (Fsp3) is 0.250. The summed E-state index contributed by atoms with van der Waals surface area (Å²) in [6, 6.07) is 5.59. The molecule has 0 radical (unpaired) electrons. The summed E-state index contributed by atoms with van der Waals surface area (Å²) in [7, 11) is 0. The number of rotatable bonds is 2. The van der Waals surface area contributed by atoms with Gasteiger partial charge in [-0.15, -0.1) is 0 Å². The Balaban J connectivity index is 2.88. The zero-order valence-electron chi connectivity index (χ0n) is 8.08. The monoisotopic (exact) mass is 204 g/mol. The van der Waals surface area contributed by atoms with E-state index >= 15 is 0 Å². The molecule has 2 heteroatoms. The van der Waals surface area contributed by atoms with Crippen LogP contribution in [0.1, 0.15) is 27.9 Å². The van der Waals surface area contributed by atoms with Crippen LogP contribution in [-0.4, -0.2) is 12.0 Å². The molecule has 0 aliphatic heterocycles. The maximum atomic E-state index is 10.6. The first-order valence-electron chi connectivity index (χ1n) is 4.43. The van der Waals surface area contributed by atoms with Crippen molar-refractivity contribution in [1.29, 1.82) is 0 Å². The second-order valence-corrected chi connectivity index (χ2v) is 3.41. The van der Waals surface area contributed by atoms with Crippen LogP contribution in [0.15, 0.2) is 18.2 Å². The molecule has 1 aromatic carbocycles. The first-order chi connectivity index (χ1) is 6.77. The molecule has 0 aliphatic rings. The average molecular weight is 204 g/mol. The van der Waals surface area contributed by atoms with E-state index in [9.17, 15) is 4.79 Å². The van der Waals surface area contributed by atoms with Crippen molar-refractivity contribution in [2.45, 2.75) is 13.3 Å². The Bertz CT molecular complexity index is 385. The van der Waals surface area contributed by atoms with E-state index in [1.54, 1.807) is 6.07 Å². The van der Waals surface area contributed by atoms with Gasteiger partial charge in [0.1, 0.15) is 6.29 Å². The van der Waals surface area contributed by atoms with Gasteiger partial charge < -0.3 is 0 Å². The lowest BCUT2D eigenvalue weighted by molar-refractivity contribution is 0.112. The molecule has 1 aromatic rings. The fourth-order valence-corrected chi connectivity index (χ4v) is 1.22. The van der Waals surface area contributed by atoms with Crippen LogP contribution in [0, 0.1) is 18.8 Å². The first kappa shape index (κ1) is 10.9. The molecule has 0 unspecified atom stereocenters. The SMILES string of the molecule is Cc1cc(C#CCCS)ccc1C=O. The van der Waals surface area contributed by atoms with Crippen LogP contribution in [0.3, 0.4) is 0 Å². The van der Waals surface area contributed by atoms with Crippen LogP contribution in [0.5, 0.6) is 0 Å². The van der Waals surface area contributed by atoms with Crippen molar-refractivity contribution in [3.8, 4) is 11.8 Å². The molecule has 0 aromatic heterocycles. The number of carbonyl (C=O) groups excluding carboxylic acids is 1. The highest BCUT2D eigenvalue weighted by atomic mass is 32.1. The molecule has 14 heavy (non-hydrogen) atoms. The van der Waals surface area contributed by atoms with Gasteiger partial charge in [-0.2, -0.15) is 12.6 Å². The molecule has 0 atom stereocenters. The van der Waals surface area contributed by atoms with Crippen LogP contribution in [0.25, 0.3) is 0 Å². The highest BCUT2D eigenvalue weighted by Crippen LogP contribution is 2.07. The van der Waals surface area contributed by atoms with Crippen molar-refractivity contribution < 1.29 is 4.79 Å². The smallest absolute Gasteiger partial charge is 0.150 e. The van der Waals surface area contributed by atoms with Gasteiger partial charge in [0.05, 0.1) is 0 Å². The summed E-state index contributed by atoms with van der Waals surface area (Å²) in [4.78, 5) is 10.6. The van der Waals surface area contributed by atoms with Gasteiger partial charge >= 0.3 is 0 Å². The summed E-state index contributed by atoms with van der Waals surface area (Å²) < 4.78 is 0. The van der Waals surface area contributed by atoms with Crippen LogP contribution in [0.2, 0.25) is 0 Å². The average Bonchev–Trinajstić information content (AvgIpc) is 2.18. The topological polar surface area (TPSA) is 17.1 Å². The van der Waals surface area contributed by atoms with Crippen molar-refractivity contribution in [3.05, 3.63) is 34.9 Å². The standard InChI is InChI=1S/C12H12OS/c1-10-8-11(4-2-3-7-14)5-6-12(10)9-13/h5-6,8-9,14H,3,7H2,1H3. The summed E-state index contributed by atoms with van der Waals surface area (Å²) in [5.74, 6) is 6.80. The van der Waals surface area contributed by atoms with Crippen LogP contribution >= 0.6 is 12.6 Å². The van der Waals surface area contributed by atoms with Crippen molar-refractivity contribution in [2.24, 2.45) is 0 Å². The molecular weight excluding hydrogens is 192 g/mol. The summed E-state index contributed by atoms with van der Waals surface area (Å²) >= 11 is 4.07. The number of benzene rings is 1. The third-order valence-electron chi connectivity index (χ3n) is 1.87. The molecular formula is C12H12OS. The maximum absolute atomic E-state index is 10.6. The van der Waals surface area contributed by atoms with E-state index in [0.717, 1.165) is 35.2 Å². The predicted octanol–water partition coefficient (Wildman–Crippen LogP) is 2.48. The number of hydrogen-bond acceptors (Lipinski definition) is 2. The van der Waals surface area contributed by atoms with Crippen molar-refractivity contribution >= 4 is 18.9 Å². The van der Waals surface area contributed by atoms with Crippen molar-refractivity contribution in [3.63, 3.8) is 0 Å². The summed E-state index contributed by atoms with van der Waals surface area (Å²) in [5.41, 5.74) is 2.65. The molecule has 72 valence electrons. The number of aldehydes is 1. The highest BCUT2D eigenvalue weighted by Gasteiger charge is 1.95. The van der Waals surface area contributed by atoms with E-state index in [4.69, 9.17) is 0 Å². The van der Waals surface area contributed by atoms with E-state index < -0.39 is 0 Å². The third-order valence-corrected chi connectivity index (χ3v) is 2.09. The molecule has 0 heterocycles. The number of carbonyl (C=O) groups is 1. The Hall–Kier alpha value is -1.20. The van der Waals surface area contributed by atoms with Gasteiger partial charge in [0, 0.05) is 23.3 Å². The molecule has 0 N–H and O–H groups in total. The van der Waals surface area contributed by atoms with Gasteiger partial charge in [-0.1, -0.05) is 17.9 Å². The second kappa shape index (κ2) is 5.51. The normalized spacial score (nSPS) is 9.00. The third kappa shape index (κ3) is 2.93. The molecule has 1 rings (SSSR count). The highest BCUT2D eigenvalue weighted by molar-refractivity contribution is 7.80. The van der Waals surface area contributed by atoms with Gasteiger partial charge in [-0.25, -0.2) is 0 Å². The number of aryl methyl sites for hydroxylation is 1. The van der Waals surface area contributed by atoms with Gasteiger partial charge in [0.25, 0.3) is 0 Å². The van der Waals surface area contributed by atoms with Gasteiger partial charge in [-0.3, -0.25) is 4.79 Å². The zero-order valence-corrected chi connectivity index (χ0v) is 8.97. The lowest BCUT2D eigenvalue weighted by Crippen LogP contribution is -1.86. The Morgan fingerprint density at radius 3 is 2.86 bits per heavy atom. The number of thiol groups is 1. The minimum atomic E-state index is 0.727. The molecule has 1 nitrogen and oxygen atoms in total. The minimum absolute atomic E-state index is 0.727. The fourth-order valence-electron chi connectivity index (χ4n) is 1.11. The van der Waals surface area contributed by atoms with Crippen LogP contribution in [0.4, 0.5) is 0 Å². The summed E-state index contributed by atoms with van der Waals surface area (Å²) in [6.07, 6.45) is 1.65. The lowest BCUT2D eigenvalue weighted by Gasteiger charge is -1.97. The molecule has 0 bridgehead atoms. The lowest BCUT2D eigenvalue weighted by atomic mass is 10.1. The maximum Gasteiger partial charge on any atom is 0.150 e. The Morgan fingerprint density at radius 2 is 2.29 bits per heavy atom. The Morgan fingerprint density at radius 1 is 1.50 bits per heavy atom. The molecule has 0 spiro atoms. The van der Waals surface area contributed by atoms with E-state index in [2.05, 4.69) is 24.5 Å². The quantitative estimate of drug-likeness (QED) is 0.445. The minimum Gasteiger partial charge on any atom is -0.298 e. The summed E-state index contributed by atoms with van der Waals surface area (Å²) in [6.45, 7) is 1.91. The second-order valence-electron chi connectivity index (χ2n) is 2.96. The van der Waals surface area contributed by atoms with E-state index in [1.165, 1.54) is 0 Å². The molecule has 0 saturated heterocycles. The molecule has 0 amide bonds. The van der Waals surface area contributed by atoms with Crippen molar-refractivity contribution in [1.82, 2.24) is 0 Å². The largest absolute Gasteiger partial charge is 0.298 e. The molecule has 0 saturated carbocycles. The van der Waals surface area contributed by atoms with Gasteiger partial charge in [0.15, 0.2) is 0 Å². The van der Waals surface area contributed by atoms with E-state index in [1.807, 2.05) is 19.1 Å². The zero-order chi connectivity index (χ0) is 10.4. The van der Waals surface area contributed by atoms with Crippen molar-refractivity contribution in [2.75, 3.05) is 5.75 Å². The summed E-state index contributed by atoms with van der Waals surface area (Å²) in [5, 5.41) is 0. The molecule has 0 fully saturated rings. The van der Waals surface area contributed by atoms with Crippen LogP contribution in [-0.2, 0) is 0 Å². The van der Waals surface area contributed by atoms with E-state index in [0.29, 0.717) is 0 Å². The Kier molecular flexibility index (Phi) is 4.28.